The minimum Gasteiger partial charge on any atom is -0.779 e. The molecule has 5 heteroatoms. The van der Waals surface area contributed by atoms with E-state index in [-0.39, 0.29) is 35.7 Å². The summed E-state index contributed by atoms with van der Waals surface area (Å²) in [5.74, 6) is 0. The molecule has 38 valence electrons. The van der Waals surface area contributed by atoms with E-state index in [0.717, 1.165) is 0 Å². The van der Waals surface area contributed by atoms with Crippen LogP contribution >= 0.6 is 7.60 Å². The number of hydrogen-bond donors (Lipinski definition) is 1. The molecule has 0 saturated heterocycles. The first-order valence-corrected chi connectivity index (χ1v) is 3.35. The molecule has 0 aliphatic heterocycles. The van der Waals surface area contributed by atoms with Gasteiger partial charge in [0.2, 0.25) is 0 Å². The Morgan fingerprint density at radius 1 is 1.86 bits per heavy atom. The van der Waals surface area contributed by atoms with E-state index in [1.807, 2.05) is 0 Å². The normalized spacial score (nSPS) is 17.0. The van der Waals surface area contributed by atoms with Gasteiger partial charge in [-0.25, -0.2) is 0 Å². The Kier molecular flexibility index (Phi) is 6.41. The molecule has 1 unspecified atom stereocenters. The van der Waals surface area contributed by atoms with Crippen molar-refractivity contribution in [2.24, 2.45) is 0 Å². The van der Waals surface area contributed by atoms with Gasteiger partial charge < -0.3 is 14.4 Å². The monoisotopic (exact) mass is 132 g/mol. The summed E-state index contributed by atoms with van der Waals surface area (Å²) in [6.07, 6.45) is -0.174. The Balaban J connectivity index is 0. The summed E-state index contributed by atoms with van der Waals surface area (Å²) < 4.78 is 9.58. The van der Waals surface area contributed by atoms with Crippen LogP contribution in [0.5, 0.6) is 0 Å². The zero-order chi connectivity index (χ0) is 5.21. The van der Waals surface area contributed by atoms with Crippen LogP contribution in [-0.4, -0.2) is 11.1 Å². The molecule has 3 nitrogen and oxygen atoms in total. The third kappa shape index (κ3) is 11.0. The molecule has 0 aromatic heterocycles. The Labute approximate surface area is 64.6 Å². The molecule has 0 aromatic carbocycles. The van der Waals surface area contributed by atoms with E-state index in [1.54, 1.807) is 0 Å². The van der Waals surface area contributed by atoms with Crippen LogP contribution in [0.4, 0.5) is 0 Å². The molecule has 0 aliphatic rings. The van der Waals surface area contributed by atoms with Crippen LogP contribution in [0.2, 0.25) is 0 Å². The minimum absolute atomic E-state index is 0. The van der Waals surface area contributed by atoms with Crippen LogP contribution in [0.3, 0.4) is 0 Å². The van der Waals surface area contributed by atoms with Crippen LogP contribution in [-0.2, 0) is 4.57 Å². The Morgan fingerprint density at radius 2 is 2.00 bits per heavy atom. The molecule has 0 amide bonds. The largest absolute Gasteiger partial charge is 1.00 e. The summed E-state index contributed by atoms with van der Waals surface area (Å²) in [5, 5.41) is 0. The fraction of sp³-hybridized carbons (Fsp3) is 1.00. The maximum Gasteiger partial charge on any atom is 1.00 e. The van der Waals surface area contributed by atoms with Gasteiger partial charge in [0.1, 0.15) is 7.60 Å². The quantitative estimate of drug-likeness (QED) is 0.298. The van der Waals surface area contributed by atoms with Gasteiger partial charge in [0.15, 0.2) is 0 Å². The second kappa shape index (κ2) is 4.07. The second-order valence-corrected chi connectivity index (χ2v) is 2.86. The Morgan fingerprint density at radius 3 is 2.00 bits per heavy atom. The van der Waals surface area contributed by atoms with Gasteiger partial charge in [-0.1, -0.05) is 6.92 Å². The molecule has 0 fully saturated rings. The molecule has 0 aliphatic carbocycles. The van der Waals surface area contributed by atoms with Crippen molar-refractivity contribution in [3.05, 3.63) is 0 Å². The third-order valence-electron chi connectivity index (χ3n) is 0.400. The fourth-order valence-electron chi connectivity index (χ4n) is 0. The van der Waals surface area contributed by atoms with Crippen LogP contribution in [0, 0.1) is 0 Å². The first-order chi connectivity index (χ1) is 2.56. The Bertz CT molecular complexity index is 77.0. The molecule has 0 heterocycles. The molecule has 0 aromatic rings. The van der Waals surface area contributed by atoms with E-state index < -0.39 is 7.60 Å². The van der Waals surface area contributed by atoms with Crippen molar-refractivity contribution in [2.75, 3.05) is 6.16 Å². The zero-order valence-electron chi connectivity index (χ0n) is 4.42. The van der Waals surface area contributed by atoms with Crippen molar-refractivity contribution in [2.45, 2.75) is 6.92 Å². The van der Waals surface area contributed by atoms with Gasteiger partial charge in [-0.15, -0.1) is 0 Å². The fourth-order valence-corrected chi connectivity index (χ4v) is 0. The van der Waals surface area contributed by atoms with Crippen molar-refractivity contribution in [1.82, 2.24) is 0 Å². The average molecular weight is 132 g/mol. The molecule has 0 bridgehead atoms. The smallest absolute Gasteiger partial charge is 0.779 e. The van der Waals surface area contributed by atoms with Gasteiger partial charge in [0, 0.05) is 6.16 Å². The van der Waals surface area contributed by atoms with Crippen molar-refractivity contribution >= 4 is 7.60 Å². The summed E-state index contributed by atoms with van der Waals surface area (Å²) in [5.41, 5.74) is 0. The topological polar surface area (TPSA) is 60.4 Å². The summed E-state index contributed by atoms with van der Waals surface area (Å²) >= 11 is 0. The van der Waals surface area contributed by atoms with E-state index in [9.17, 15) is 9.46 Å². The van der Waals surface area contributed by atoms with E-state index in [4.69, 9.17) is 4.89 Å². The van der Waals surface area contributed by atoms with Crippen molar-refractivity contribution in [3.63, 3.8) is 0 Å². The van der Waals surface area contributed by atoms with Crippen LogP contribution < -0.4 is 34.5 Å². The first kappa shape index (κ1) is 11.0. The first-order valence-electron chi connectivity index (χ1n) is 1.59. The summed E-state index contributed by atoms with van der Waals surface area (Å²) in [6.45, 7) is 1.38. The molecule has 0 rings (SSSR count). The molecular weight excluding hydrogens is 126 g/mol. The minimum atomic E-state index is -3.90. The molecule has 0 saturated carbocycles. The van der Waals surface area contributed by atoms with Crippen molar-refractivity contribution in [3.8, 4) is 0 Å². The summed E-state index contributed by atoms with van der Waals surface area (Å²) in [4.78, 5) is 17.4. The van der Waals surface area contributed by atoms with Gasteiger partial charge in [0.25, 0.3) is 0 Å². The number of rotatable bonds is 1. The van der Waals surface area contributed by atoms with E-state index in [2.05, 4.69) is 0 Å². The number of hydrogen-bond acceptors (Lipinski definition) is 2. The van der Waals surface area contributed by atoms with Gasteiger partial charge in [-0.05, 0) is 0 Å². The maximum atomic E-state index is 9.58. The second-order valence-electron chi connectivity index (χ2n) is 0.954. The van der Waals surface area contributed by atoms with Gasteiger partial charge in [-0.2, -0.15) is 0 Å². The average Bonchev–Trinajstić information content (AvgIpc) is 1.35. The molecule has 0 spiro atoms. The SMILES string of the molecule is CCP(=O)([O-])O.[Na+]. The predicted molar refractivity (Wildman–Crippen MR) is 20.4 cm³/mol. The predicted octanol–water partition coefficient (Wildman–Crippen LogP) is -3.44. The molecule has 1 N–H and O–H groups in total. The molecule has 7 heavy (non-hydrogen) atoms. The standard InChI is InChI=1S/C2H7O3P.Na/c1-2-6(3,4)5;/h2H2,1H3,(H2,3,4,5);/q;+1/p-1. The molecule has 1 atom stereocenters. The maximum absolute atomic E-state index is 9.58. The van der Waals surface area contributed by atoms with Crippen molar-refractivity contribution in [1.29, 1.82) is 0 Å². The van der Waals surface area contributed by atoms with Gasteiger partial charge >= 0.3 is 29.6 Å². The van der Waals surface area contributed by atoms with Gasteiger partial charge in [0.05, 0.1) is 0 Å². The van der Waals surface area contributed by atoms with Crippen molar-refractivity contribution < 1.29 is 43.9 Å². The summed E-state index contributed by atoms with van der Waals surface area (Å²) in [6, 6.07) is 0. The molecule has 0 radical (unpaired) electrons. The van der Waals surface area contributed by atoms with Gasteiger partial charge in [-0.3, -0.25) is 0 Å². The third-order valence-corrected chi connectivity index (χ3v) is 1.20. The zero-order valence-corrected chi connectivity index (χ0v) is 7.31. The van der Waals surface area contributed by atoms with Crippen LogP contribution in [0.25, 0.3) is 0 Å². The van der Waals surface area contributed by atoms with Crippen LogP contribution in [0.15, 0.2) is 0 Å². The van der Waals surface area contributed by atoms with E-state index in [1.165, 1.54) is 6.92 Å². The van der Waals surface area contributed by atoms with E-state index >= 15 is 0 Å². The van der Waals surface area contributed by atoms with E-state index in [0.29, 0.717) is 0 Å². The Hall–Kier alpha value is 1.15. The van der Waals surface area contributed by atoms with Crippen LogP contribution in [0.1, 0.15) is 6.92 Å². The summed E-state index contributed by atoms with van der Waals surface area (Å²) in [7, 11) is -3.90. The molecular formula is C2H6NaO3P.